The maximum atomic E-state index is 10.6. The van der Waals surface area contributed by atoms with Crippen LogP contribution >= 0.6 is 0 Å². The molecule has 0 bridgehead atoms. The number of rotatable bonds is 1. The lowest BCUT2D eigenvalue weighted by Crippen LogP contribution is -1.92. The summed E-state index contributed by atoms with van der Waals surface area (Å²) in [5.41, 5.74) is 0.919. The van der Waals surface area contributed by atoms with Crippen LogP contribution in [0.3, 0.4) is 0 Å². The summed E-state index contributed by atoms with van der Waals surface area (Å²) in [6.45, 7) is 0. The van der Waals surface area contributed by atoms with E-state index in [4.69, 9.17) is 0 Å². The quantitative estimate of drug-likeness (QED) is 0.379. The van der Waals surface area contributed by atoms with Gasteiger partial charge in [-0.05, 0) is 18.2 Å². The first-order valence-corrected chi connectivity index (χ1v) is 4.14. The minimum Gasteiger partial charge on any atom is -0.466 e. The number of allylic oxidation sites excluding steroid dienone is 1. The molecule has 0 unspecified atom stereocenters. The van der Waals surface area contributed by atoms with Gasteiger partial charge in [-0.1, -0.05) is 30.0 Å². The number of carbonyl (C=O) groups is 1. The molecule has 14 heavy (non-hydrogen) atoms. The Morgan fingerprint density at radius 2 is 2.07 bits per heavy atom. The number of carbonyl (C=O) groups excluding carboxylic acids is 1. The Hall–Kier alpha value is -2.01. The van der Waals surface area contributed by atoms with Crippen molar-refractivity contribution in [2.24, 2.45) is 0 Å². The number of hydrogen-bond acceptors (Lipinski definition) is 2. The Kier molecular flexibility index (Phi) is 4.03. The van der Waals surface area contributed by atoms with E-state index in [9.17, 15) is 4.79 Å². The van der Waals surface area contributed by atoms with E-state index < -0.39 is 5.97 Å². The van der Waals surface area contributed by atoms with Crippen LogP contribution in [0.25, 0.3) is 0 Å². The molecule has 0 radical (unpaired) electrons. The minimum absolute atomic E-state index is 0.396. The molecule has 0 saturated heterocycles. The summed E-state index contributed by atoms with van der Waals surface area (Å²) in [6.07, 6.45) is 2.76. The predicted molar refractivity (Wildman–Crippen MR) is 54.5 cm³/mol. The van der Waals surface area contributed by atoms with Gasteiger partial charge < -0.3 is 4.74 Å². The van der Waals surface area contributed by atoms with Crippen molar-refractivity contribution in [3.8, 4) is 11.8 Å². The molecule has 0 amide bonds. The highest BCUT2D eigenvalue weighted by Gasteiger charge is 1.86. The molecule has 0 fully saturated rings. The van der Waals surface area contributed by atoms with E-state index in [1.165, 1.54) is 19.3 Å². The summed E-state index contributed by atoms with van der Waals surface area (Å²) < 4.78 is 4.41. The van der Waals surface area contributed by atoms with E-state index in [-0.39, 0.29) is 0 Å². The van der Waals surface area contributed by atoms with Gasteiger partial charge in [0.25, 0.3) is 0 Å². The second-order valence-corrected chi connectivity index (χ2v) is 2.49. The first kappa shape index (κ1) is 10.1. The number of benzene rings is 1. The number of methoxy groups -OCH3 is 1. The second kappa shape index (κ2) is 5.60. The lowest BCUT2D eigenvalue weighted by atomic mass is 10.2. The fourth-order valence-corrected chi connectivity index (χ4v) is 0.824. The molecule has 0 aliphatic carbocycles. The Morgan fingerprint density at radius 1 is 1.36 bits per heavy atom. The van der Waals surface area contributed by atoms with E-state index in [1.807, 2.05) is 30.3 Å². The smallest absolute Gasteiger partial charge is 0.331 e. The molecule has 70 valence electrons. The van der Waals surface area contributed by atoms with Crippen LogP contribution in [0.5, 0.6) is 0 Å². The van der Waals surface area contributed by atoms with Gasteiger partial charge >= 0.3 is 5.97 Å². The van der Waals surface area contributed by atoms with Crippen LogP contribution in [0, 0.1) is 11.8 Å². The van der Waals surface area contributed by atoms with Crippen molar-refractivity contribution in [3.63, 3.8) is 0 Å². The molecule has 0 aromatic heterocycles. The highest BCUT2D eigenvalue weighted by atomic mass is 16.5. The van der Waals surface area contributed by atoms with E-state index >= 15 is 0 Å². The summed E-state index contributed by atoms with van der Waals surface area (Å²) in [5.74, 6) is 5.22. The third-order valence-corrected chi connectivity index (χ3v) is 1.49. The van der Waals surface area contributed by atoms with Gasteiger partial charge in [-0.3, -0.25) is 0 Å². The predicted octanol–water partition coefficient (Wildman–Crippen LogP) is 1.77. The molecule has 0 atom stereocenters. The molecule has 0 aliphatic heterocycles. The summed E-state index contributed by atoms with van der Waals surface area (Å²) in [5, 5.41) is 0. The molecule has 2 heteroatoms. The van der Waals surface area contributed by atoms with Gasteiger partial charge in [0.2, 0.25) is 0 Å². The van der Waals surface area contributed by atoms with Crippen molar-refractivity contribution in [1.82, 2.24) is 0 Å². The van der Waals surface area contributed by atoms with Gasteiger partial charge in [0.15, 0.2) is 0 Å². The molecule has 0 saturated carbocycles. The van der Waals surface area contributed by atoms with E-state index in [2.05, 4.69) is 16.6 Å². The van der Waals surface area contributed by atoms with Crippen molar-refractivity contribution in [3.05, 3.63) is 48.0 Å². The van der Waals surface area contributed by atoms with Crippen LogP contribution in [0.2, 0.25) is 0 Å². The fraction of sp³-hybridized carbons (Fsp3) is 0.0833. The maximum absolute atomic E-state index is 10.6. The van der Waals surface area contributed by atoms with Crippen molar-refractivity contribution >= 4 is 5.97 Å². The third kappa shape index (κ3) is 3.59. The molecule has 0 N–H and O–H groups in total. The lowest BCUT2D eigenvalue weighted by molar-refractivity contribution is -0.134. The molecule has 1 aromatic rings. The standard InChI is InChI=1S/C12H10O2/c1-14-12(13)10-6-5-9-11-7-3-2-4-8-11/h2-4,6-8,10H,1H3/b10-6-. The van der Waals surface area contributed by atoms with Gasteiger partial charge in [0.1, 0.15) is 0 Å². The third-order valence-electron chi connectivity index (χ3n) is 1.49. The highest BCUT2D eigenvalue weighted by molar-refractivity contribution is 5.82. The topological polar surface area (TPSA) is 26.3 Å². The molecule has 1 rings (SSSR count). The SMILES string of the molecule is COC(=O)/C=C\C#Cc1ccccc1. The number of esters is 1. The van der Waals surface area contributed by atoms with Gasteiger partial charge in [0.05, 0.1) is 7.11 Å². The zero-order valence-corrected chi connectivity index (χ0v) is 7.86. The summed E-state index contributed by atoms with van der Waals surface area (Å²) in [6, 6.07) is 9.55. The van der Waals surface area contributed by atoms with Crippen molar-refractivity contribution < 1.29 is 9.53 Å². The zero-order valence-electron chi connectivity index (χ0n) is 7.86. The maximum Gasteiger partial charge on any atom is 0.331 e. The Morgan fingerprint density at radius 3 is 2.71 bits per heavy atom. The van der Waals surface area contributed by atoms with Gasteiger partial charge in [-0.15, -0.1) is 0 Å². The molecule has 0 aliphatic rings. The van der Waals surface area contributed by atoms with E-state index in [0.717, 1.165) is 5.56 Å². The van der Waals surface area contributed by atoms with E-state index in [0.29, 0.717) is 0 Å². The Bertz CT molecular complexity index is 380. The van der Waals surface area contributed by atoms with Crippen molar-refractivity contribution in [1.29, 1.82) is 0 Å². The van der Waals surface area contributed by atoms with Crippen LogP contribution in [0.15, 0.2) is 42.5 Å². The molecule has 2 nitrogen and oxygen atoms in total. The normalized spacial score (nSPS) is 9.21. The Labute approximate surface area is 83.2 Å². The Balaban J connectivity index is 2.57. The molecule has 1 aromatic carbocycles. The number of hydrogen-bond donors (Lipinski definition) is 0. The van der Waals surface area contributed by atoms with Crippen LogP contribution in [-0.2, 0) is 9.53 Å². The van der Waals surface area contributed by atoms with Crippen LogP contribution < -0.4 is 0 Å². The van der Waals surface area contributed by atoms with Crippen LogP contribution in [-0.4, -0.2) is 13.1 Å². The average molecular weight is 186 g/mol. The van der Waals surface area contributed by atoms with Crippen molar-refractivity contribution in [2.45, 2.75) is 0 Å². The van der Waals surface area contributed by atoms with Gasteiger partial charge in [0, 0.05) is 11.6 Å². The number of ether oxygens (including phenoxy) is 1. The molecule has 0 spiro atoms. The fourth-order valence-electron chi connectivity index (χ4n) is 0.824. The van der Waals surface area contributed by atoms with Crippen LogP contribution in [0.1, 0.15) is 5.56 Å². The summed E-state index contributed by atoms with van der Waals surface area (Å²) in [4.78, 5) is 10.6. The van der Waals surface area contributed by atoms with Gasteiger partial charge in [-0.2, -0.15) is 0 Å². The van der Waals surface area contributed by atoms with Crippen molar-refractivity contribution in [2.75, 3.05) is 7.11 Å². The molecular weight excluding hydrogens is 176 g/mol. The molecule has 0 heterocycles. The molecular formula is C12H10O2. The summed E-state index contributed by atoms with van der Waals surface area (Å²) in [7, 11) is 1.33. The average Bonchev–Trinajstić information content (AvgIpc) is 2.25. The minimum atomic E-state index is -0.396. The lowest BCUT2D eigenvalue weighted by Gasteiger charge is -1.86. The van der Waals surface area contributed by atoms with Crippen LogP contribution in [0.4, 0.5) is 0 Å². The monoisotopic (exact) mass is 186 g/mol. The highest BCUT2D eigenvalue weighted by Crippen LogP contribution is 1.94. The summed E-state index contributed by atoms with van der Waals surface area (Å²) >= 11 is 0. The zero-order chi connectivity index (χ0) is 10.2. The second-order valence-electron chi connectivity index (χ2n) is 2.49. The van der Waals surface area contributed by atoms with E-state index in [1.54, 1.807) is 0 Å². The van der Waals surface area contributed by atoms with Gasteiger partial charge in [-0.25, -0.2) is 4.79 Å². The largest absolute Gasteiger partial charge is 0.466 e. The first-order chi connectivity index (χ1) is 6.83. The first-order valence-electron chi connectivity index (χ1n) is 4.14.